The molecule has 0 spiro atoms. The van der Waals surface area contributed by atoms with Crippen molar-refractivity contribution in [2.75, 3.05) is 32.5 Å². The van der Waals surface area contributed by atoms with Crippen molar-refractivity contribution in [1.82, 2.24) is 15.2 Å². The van der Waals surface area contributed by atoms with Gasteiger partial charge in [-0.05, 0) is 45.3 Å². The average molecular weight is 330 g/mol. The maximum atomic E-state index is 13.5. The number of halogens is 1. The Kier molecular flexibility index (Phi) is 6.69. The fourth-order valence-corrected chi connectivity index (χ4v) is 2.16. The Morgan fingerprint density at radius 1 is 1.21 bits per heavy atom. The van der Waals surface area contributed by atoms with Gasteiger partial charge in [-0.3, -0.25) is 4.79 Å². The number of benzene rings is 1. The molecule has 0 fully saturated rings. The van der Waals surface area contributed by atoms with E-state index in [9.17, 15) is 9.18 Å². The van der Waals surface area contributed by atoms with Crippen molar-refractivity contribution < 1.29 is 9.18 Å². The van der Waals surface area contributed by atoms with E-state index in [1.54, 1.807) is 30.3 Å². The van der Waals surface area contributed by atoms with Gasteiger partial charge >= 0.3 is 0 Å². The maximum absolute atomic E-state index is 13.5. The zero-order chi connectivity index (χ0) is 17.4. The first kappa shape index (κ1) is 17.9. The number of pyridine rings is 1. The van der Waals surface area contributed by atoms with Crippen molar-refractivity contribution in [2.45, 2.75) is 13.0 Å². The number of aromatic nitrogens is 1. The highest BCUT2D eigenvalue weighted by Gasteiger charge is 2.07. The molecule has 24 heavy (non-hydrogen) atoms. The fraction of sp³-hybridized carbons (Fsp3) is 0.333. The van der Waals surface area contributed by atoms with Gasteiger partial charge in [0.2, 0.25) is 0 Å². The van der Waals surface area contributed by atoms with E-state index in [-0.39, 0.29) is 18.3 Å². The number of carbonyl (C=O) groups excluding carboxylic acids is 1. The number of anilines is 1. The van der Waals surface area contributed by atoms with Crippen molar-refractivity contribution >= 4 is 11.7 Å². The summed E-state index contributed by atoms with van der Waals surface area (Å²) in [5.74, 6) is 0.137. The highest BCUT2D eigenvalue weighted by molar-refractivity contribution is 5.94. The Morgan fingerprint density at radius 2 is 2.00 bits per heavy atom. The number of nitrogens with zero attached hydrogens (tertiary/aromatic N) is 2. The summed E-state index contributed by atoms with van der Waals surface area (Å²) >= 11 is 0. The summed E-state index contributed by atoms with van der Waals surface area (Å²) in [5, 5.41) is 5.91. The monoisotopic (exact) mass is 330 g/mol. The molecule has 2 aromatic rings. The quantitative estimate of drug-likeness (QED) is 0.730. The van der Waals surface area contributed by atoms with Crippen molar-refractivity contribution in [3.8, 4) is 0 Å². The molecule has 0 saturated carbocycles. The number of hydrogen-bond donors (Lipinski definition) is 2. The van der Waals surface area contributed by atoms with Crippen molar-refractivity contribution in [2.24, 2.45) is 0 Å². The predicted octanol–water partition coefficient (Wildman–Crippen LogP) is 2.51. The molecule has 1 aromatic heterocycles. The number of amides is 1. The number of carbonyl (C=O) groups is 1. The van der Waals surface area contributed by atoms with Gasteiger partial charge < -0.3 is 15.5 Å². The van der Waals surface area contributed by atoms with E-state index in [4.69, 9.17) is 0 Å². The molecule has 1 aromatic carbocycles. The molecule has 0 unspecified atom stereocenters. The summed E-state index contributed by atoms with van der Waals surface area (Å²) in [4.78, 5) is 18.4. The lowest BCUT2D eigenvalue weighted by Gasteiger charge is -2.10. The van der Waals surface area contributed by atoms with E-state index >= 15 is 0 Å². The molecule has 5 nitrogen and oxygen atoms in total. The van der Waals surface area contributed by atoms with E-state index in [0.29, 0.717) is 11.1 Å². The van der Waals surface area contributed by atoms with E-state index in [2.05, 4.69) is 20.5 Å². The van der Waals surface area contributed by atoms with Crippen LogP contribution in [0.25, 0.3) is 0 Å². The summed E-state index contributed by atoms with van der Waals surface area (Å²) in [6.45, 7) is 1.98. The van der Waals surface area contributed by atoms with Crippen LogP contribution in [0.3, 0.4) is 0 Å². The molecule has 0 bridgehead atoms. The number of nitrogens with one attached hydrogen (secondary N) is 2. The molecule has 0 aliphatic heterocycles. The molecule has 1 amide bonds. The second-order valence-corrected chi connectivity index (χ2v) is 5.79. The van der Waals surface area contributed by atoms with Gasteiger partial charge in [-0.1, -0.05) is 18.2 Å². The van der Waals surface area contributed by atoms with E-state index in [0.717, 1.165) is 25.3 Å². The molecular formula is C18H23FN4O. The number of rotatable bonds is 8. The molecule has 0 aliphatic carbocycles. The lowest BCUT2D eigenvalue weighted by Crippen LogP contribution is -2.23. The molecule has 0 saturated heterocycles. The first-order valence-corrected chi connectivity index (χ1v) is 7.92. The summed E-state index contributed by atoms with van der Waals surface area (Å²) in [6.07, 6.45) is 2.53. The minimum absolute atomic E-state index is 0.149. The van der Waals surface area contributed by atoms with Crippen LogP contribution in [0.15, 0.2) is 42.6 Å². The predicted molar refractivity (Wildman–Crippen MR) is 93.5 cm³/mol. The van der Waals surface area contributed by atoms with Crippen molar-refractivity contribution in [3.05, 3.63) is 59.5 Å². The van der Waals surface area contributed by atoms with Gasteiger partial charge in [-0.15, -0.1) is 0 Å². The van der Waals surface area contributed by atoms with Crippen LogP contribution >= 0.6 is 0 Å². The zero-order valence-corrected chi connectivity index (χ0v) is 14.1. The molecule has 0 radical (unpaired) electrons. The molecule has 6 heteroatoms. The average Bonchev–Trinajstić information content (AvgIpc) is 2.58. The first-order valence-electron chi connectivity index (χ1n) is 7.92. The summed E-state index contributed by atoms with van der Waals surface area (Å²) < 4.78 is 13.5. The lowest BCUT2D eigenvalue weighted by molar-refractivity contribution is 0.0950. The lowest BCUT2D eigenvalue weighted by atomic mass is 10.2. The van der Waals surface area contributed by atoms with Gasteiger partial charge in [0, 0.05) is 24.8 Å². The molecule has 1 heterocycles. The maximum Gasteiger partial charge on any atom is 0.253 e. The van der Waals surface area contributed by atoms with Gasteiger partial charge in [0.25, 0.3) is 5.91 Å². The SMILES string of the molecule is CN(C)CCCNc1ccc(C(=O)NCc2ccccc2F)cn1. The highest BCUT2D eigenvalue weighted by atomic mass is 19.1. The summed E-state index contributed by atoms with van der Waals surface area (Å²) in [5.41, 5.74) is 0.906. The molecule has 0 atom stereocenters. The van der Waals surface area contributed by atoms with Crippen molar-refractivity contribution in [3.63, 3.8) is 0 Å². The topological polar surface area (TPSA) is 57.3 Å². The summed E-state index contributed by atoms with van der Waals surface area (Å²) in [7, 11) is 4.07. The third kappa shape index (κ3) is 5.62. The van der Waals surface area contributed by atoms with Crippen LogP contribution in [0.5, 0.6) is 0 Å². The van der Waals surface area contributed by atoms with Gasteiger partial charge in [-0.25, -0.2) is 9.37 Å². The Morgan fingerprint density at radius 3 is 2.67 bits per heavy atom. The largest absolute Gasteiger partial charge is 0.370 e. The Balaban J connectivity index is 1.81. The standard InChI is InChI=1S/C18H23FN4O/c1-23(2)11-5-10-20-17-9-8-15(13-21-17)18(24)22-12-14-6-3-4-7-16(14)19/h3-4,6-9,13H,5,10-12H2,1-2H3,(H,20,21)(H,22,24). The Hall–Kier alpha value is -2.47. The van der Waals surface area contributed by atoms with E-state index in [1.165, 1.54) is 12.3 Å². The van der Waals surface area contributed by atoms with Crippen LogP contribution in [0.4, 0.5) is 10.2 Å². The first-order chi connectivity index (χ1) is 11.6. The fourth-order valence-electron chi connectivity index (χ4n) is 2.16. The van der Waals surface area contributed by atoms with Crippen LogP contribution in [0.2, 0.25) is 0 Å². The van der Waals surface area contributed by atoms with Crippen LogP contribution in [0, 0.1) is 5.82 Å². The summed E-state index contributed by atoms with van der Waals surface area (Å²) in [6, 6.07) is 9.86. The normalized spacial score (nSPS) is 10.7. The van der Waals surface area contributed by atoms with Crippen LogP contribution in [0.1, 0.15) is 22.3 Å². The van der Waals surface area contributed by atoms with Gasteiger partial charge in [0.1, 0.15) is 11.6 Å². The van der Waals surface area contributed by atoms with E-state index < -0.39 is 0 Å². The van der Waals surface area contributed by atoms with Gasteiger partial charge in [0.05, 0.1) is 5.56 Å². The Bertz CT molecular complexity index is 658. The third-order valence-electron chi connectivity index (χ3n) is 3.51. The second-order valence-electron chi connectivity index (χ2n) is 5.79. The van der Waals surface area contributed by atoms with Crippen molar-refractivity contribution in [1.29, 1.82) is 0 Å². The highest BCUT2D eigenvalue weighted by Crippen LogP contribution is 2.08. The van der Waals surface area contributed by atoms with E-state index in [1.807, 2.05) is 14.1 Å². The van der Waals surface area contributed by atoms with Crippen LogP contribution < -0.4 is 10.6 Å². The van der Waals surface area contributed by atoms with Gasteiger partial charge in [-0.2, -0.15) is 0 Å². The number of hydrogen-bond acceptors (Lipinski definition) is 4. The van der Waals surface area contributed by atoms with Crippen LogP contribution in [-0.2, 0) is 6.54 Å². The third-order valence-corrected chi connectivity index (χ3v) is 3.51. The minimum Gasteiger partial charge on any atom is -0.370 e. The second kappa shape index (κ2) is 8.98. The molecule has 2 rings (SSSR count). The molecule has 128 valence electrons. The minimum atomic E-state index is -0.326. The van der Waals surface area contributed by atoms with Crippen LogP contribution in [-0.4, -0.2) is 43.0 Å². The molecule has 2 N–H and O–H groups in total. The zero-order valence-electron chi connectivity index (χ0n) is 14.1. The Labute approximate surface area is 141 Å². The van der Waals surface area contributed by atoms with Gasteiger partial charge in [0.15, 0.2) is 0 Å². The smallest absolute Gasteiger partial charge is 0.253 e. The molecule has 0 aliphatic rings. The molecular weight excluding hydrogens is 307 g/mol.